The van der Waals surface area contributed by atoms with E-state index in [1.807, 2.05) is 32.0 Å². The van der Waals surface area contributed by atoms with Crippen LogP contribution in [-0.2, 0) is 6.54 Å². The Morgan fingerprint density at radius 2 is 1.79 bits per heavy atom. The highest BCUT2D eigenvalue weighted by Gasteiger charge is 2.22. The van der Waals surface area contributed by atoms with Crippen molar-refractivity contribution in [3.8, 4) is 0 Å². The number of rotatable bonds is 6. The first-order valence-electron chi connectivity index (χ1n) is 8.36. The van der Waals surface area contributed by atoms with Crippen molar-refractivity contribution in [3.05, 3.63) is 70.4 Å². The number of aromatic nitrogens is 2. The van der Waals surface area contributed by atoms with Gasteiger partial charge in [-0.2, -0.15) is 5.10 Å². The van der Waals surface area contributed by atoms with Gasteiger partial charge >= 0.3 is 0 Å². The van der Waals surface area contributed by atoms with Gasteiger partial charge in [-0.15, -0.1) is 0 Å². The number of nitrogens with one attached hydrogen (secondary N) is 1. The van der Waals surface area contributed by atoms with Crippen molar-refractivity contribution in [1.82, 2.24) is 9.78 Å². The van der Waals surface area contributed by atoms with Crippen molar-refractivity contribution in [2.45, 2.75) is 33.2 Å². The van der Waals surface area contributed by atoms with Gasteiger partial charge in [0.15, 0.2) is 5.76 Å². The molecule has 0 aliphatic rings. The van der Waals surface area contributed by atoms with Crippen molar-refractivity contribution in [2.75, 3.05) is 5.32 Å². The molecule has 3 aromatic rings. The van der Waals surface area contributed by atoms with Crippen molar-refractivity contribution in [2.24, 2.45) is 0 Å². The molecule has 9 heteroatoms. The predicted octanol–water partition coefficient (Wildman–Crippen LogP) is 5.27. The lowest BCUT2D eigenvalue weighted by atomic mass is 10.1. The fraction of sp³-hybridized carbons (Fsp3) is 0.263. The summed E-state index contributed by atoms with van der Waals surface area (Å²) in [5.41, 5.74) is 1.01. The monoisotopic (exact) mass is 395 g/mol. The third-order valence-corrected chi connectivity index (χ3v) is 4.19. The number of hydrogen-bond donors (Lipinski definition) is 1. The lowest BCUT2D eigenvalue weighted by molar-refractivity contribution is 0.0993. The van der Waals surface area contributed by atoms with E-state index in [1.165, 1.54) is 12.1 Å². The van der Waals surface area contributed by atoms with E-state index >= 15 is 0 Å². The van der Waals surface area contributed by atoms with Gasteiger partial charge in [0.1, 0.15) is 17.1 Å². The number of alkyl halides is 4. The normalized spacial score (nSPS) is 11.4. The lowest BCUT2D eigenvalue weighted by Crippen LogP contribution is -2.13. The van der Waals surface area contributed by atoms with Gasteiger partial charge in [-0.3, -0.25) is 9.48 Å². The number of anilines is 1. The lowest BCUT2D eigenvalue weighted by Gasteiger charge is -2.10. The van der Waals surface area contributed by atoms with Crippen LogP contribution >= 0.6 is 0 Å². The van der Waals surface area contributed by atoms with Gasteiger partial charge in [0.05, 0.1) is 6.54 Å². The van der Waals surface area contributed by atoms with E-state index in [0.29, 0.717) is 11.8 Å². The van der Waals surface area contributed by atoms with Crippen molar-refractivity contribution >= 4 is 11.6 Å². The smallest absolute Gasteiger partial charge is 0.291 e. The number of carbonyl (C=O) groups is 1. The number of carbonyl (C=O) groups excluding carboxylic acids is 1. The Balaban J connectivity index is 1.78. The standard InChI is InChI=1S/C19H17F4N3O2/c1-10-4-3-5-11(2)16(10)24-19(27)15-7-6-12(28-15)9-26-14(18(22)23)8-13(25-26)17(20)21/h3-8,17-18H,9H2,1-2H3,(H,24,27). The number of nitrogens with zero attached hydrogens (tertiary/aromatic N) is 2. The van der Waals surface area contributed by atoms with Crippen LogP contribution in [0.5, 0.6) is 0 Å². The number of amides is 1. The Kier molecular flexibility index (Phi) is 5.53. The summed E-state index contributed by atoms with van der Waals surface area (Å²) in [4.78, 5) is 12.4. The largest absolute Gasteiger partial charge is 0.454 e. The summed E-state index contributed by atoms with van der Waals surface area (Å²) >= 11 is 0. The highest BCUT2D eigenvalue weighted by Crippen LogP contribution is 2.26. The van der Waals surface area contributed by atoms with Crippen LogP contribution in [0.1, 0.15) is 51.7 Å². The summed E-state index contributed by atoms with van der Waals surface area (Å²) in [5.74, 6) is -0.401. The molecule has 0 aliphatic carbocycles. The van der Waals surface area contributed by atoms with Gasteiger partial charge in [0, 0.05) is 5.69 Å². The summed E-state index contributed by atoms with van der Waals surface area (Å²) in [6.45, 7) is 3.39. The van der Waals surface area contributed by atoms with E-state index in [2.05, 4.69) is 10.4 Å². The molecule has 5 nitrogen and oxygen atoms in total. The summed E-state index contributed by atoms with van der Waals surface area (Å²) in [6.07, 6.45) is -5.93. The third kappa shape index (κ3) is 4.08. The molecule has 3 rings (SSSR count). The van der Waals surface area contributed by atoms with E-state index in [9.17, 15) is 22.4 Å². The summed E-state index contributed by atoms with van der Waals surface area (Å²) in [7, 11) is 0. The summed E-state index contributed by atoms with van der Waals surface area (Å²) < 4.78 is 57.8. The van der Waals surface area contributed by atoms with E-state index in [-0.39, 0.29) is 18.1 Å². The minimum atomic E-state index is -2.97. The Morgan fingerprint density at radius 1 is 1.11 bits per heavy atom. The fourth-order valence-corrected chi connectivity index (χ4v) is 2.78. The minimum Gasteiger partial charge on any atom is -0.454 e. The van der Waals surface area contributed by atoms with Crippen LogP contribution in [0.15, 0.2) is 40.8 Å². The first-order valence-corrected chi connectivity index (χ1v) is 8.36. The number of furan rings is 1. The molecular weight excluding hydrogens is 378 g/mol. The molecule has 0 saturated carbocycles. The molecule has 0 saturated heterocycles. The van der Waals surface area contributed by atoms with E-state index in [0.717, 1.165) is 15.8 Å². The molecule has 1 amide bonds. The number of aryl methyl sites for hydroxylation is 2. The molecule has 2 aromatic heterocycles. The molecule has 2 heterocycles. The Morgan fingerprint density at radius 3 is 2.39 bits per heavy atom. The van der Waals surface area contributed by atoms with Crippen LogP contribution in [0.3, 0.4) is 0 Å². The maximum Gasteiger partial charge on any atom is 0.291 e. The molecule has 28 heavy (non-hydrogen) atoms. The van der Waals surface area contributed by atoms with Crippen LogP contribution in [0.2, 0.25) is 0 Å². The fourth-order valence-electron chi connectivity index (χ4n) is 2.78. The van der Waals surface area contributed by atoms with Gasteiger partial charge < -0.3 is 9.73 Å². The molecule has 1 aromatic carbocycles. The second-order valence-corrected chi connectivity index (χ2v) is 6.24. The summed E-state index contributed by atoms with van der Waals surface area (Å²) in [6, 6.07) is 9.02. The van der Waals surface area contributed by atoms with Crippen LogP contribution in [0, 0.1) is 13.8 Å². The minimum absolute atomic E-state index is 0.0301. The van der Waals surface area contributed by atoms with Gasteiger partial charge in [0.25, 0.3) is 18.8 Å². The molecule has 0 unspecified atom stereocenters. The van der Waals surface area contributed by atoms with Crippen LogP contribution in [0.25, 0.3) is 0 Å². The van der Waals surface area contributed by atoms with Gasteiger partial charge in [-0.05, 0) is 43.2 Å². The molecule has 0 fully saturated rings. The first kappa shape index (κ1) is 19.7. The molecule has 0 bridgehead atoms. The van der Waals surface area contributed by atoms with E-state index in [4.69, 9.17) is 4.42 Å². The van der Waals surface area contributed by atoms with Gasteiger partial charge in [-0.1, -0.05) is 18.2 Å². The highest BCUT2D eigenvalue weighted by atomic mass is 19.3. The van der Waals surface area contributed by atoms with E-state index < -0.39 is 30.1 Å². The summed E-state index contributed by atoms with van der Waals surface area (Å²) in [5, 5.41) is 6.24. The van der Waals surface area contributed by atoms with Gasteiger partial charge in [0.2, 0.25) is 0 Å². The second kappa shape index (κ2) is 7.87. The molecular formula is C19H17F4N3O2. The molecule has 0 aliphatic heterocycles. The third-order valence-electron chi connectivity index (χ3n) is 4.19. The van der Waals surface area contributed by atoms with E-state index in [1.54, 1.807) is 0 Å². The maximum atomic E-state index is 13.1. The van der Waals surface area contributed by atoms with Crippen molar-refractivity contribution in [3.63, 3.8) is 0 Å². The number of hydrogen-bond acceptors (Lipinski definition) is 3. The molecule has 148 valence electrons. The zero-order chi connectivity index (χ0) is 20.4. The zero-order valence-electron chi connectivity index (χ0n) is 15.0. The zero-order valence-corrected chi connectivity index (χ0v) is 15.0. The molecule has 1 N–H and O–H groups in total. The Bertz CT molecular complexity index is 975. The molecule has 0 radical (unpaired) electrons. The first-order chi connectivity index (χ1) is 13.3. The Labute approximate surface area is 158 Å². The number of halogens is 4. The van der Waals surface area contributed by atoms with Gasteiger partial charge in [-0.25, -0.2) is 17.6 Å². The van der Waals surface area contributed by atoms with Crippen molar-refractivity contribution < 1.29 is 26.8 Å². The average Bonchev–Trinajstić information content (AvgIpc) is 3.26. The average molecular weight is 395 g/mol. The van der Waals surface area contributed by atoms with Crippen LogP contribution < -0.4 is 5.32 Å². The SMILES string of the molecule is Cc1cccc(C)c1NC(=O)c1ccc(Cn2nc(C(F)F)cc2C(F)F)o1. The second-order valence-electron chi connectivity index (χ2n) is 6.24. The van der Waals surface area contributed by atoms with Crippen LogP contribution in [0.4, 0.5) is 23.2 Å². The van der Waals surface area contributed by atoms with Crippen LogP contribution in [-0.4, -0.2) is 15.7 Å². The predicted molar refractivity (Wildman–Crippen MR) is 93.8 cm³/mol. The quantitative estimate of drug-likeness (QED) is 0.579. The number of para-hydroxylation sites is 1. The Hall–Kier alpha value is -3.10. The molecule has 0 atom stereocenters. The van der Waals surface area contributed by atoms with Crippen molar-refractivity contribution in [1.29, 1.82) is 0 Å². The maximum absolute atomic E-state index is 13.1. The topological polar surface area (TPSA) is 60.1 Å². The highest BCUT2D eigenvalue weighted by molar-refractivity contribution is 6.03. The number of benzene rings is 1. The molecule has 0 spiro atoms.